The maximum Gasteiger partial charge on any atom is 0.280 e. The first-order valence-electron chi connectivity index (χ1n) is 10.4. The normalized spacial score (nSPS) is 28.2. The zero-order valence-corrected chi connectivity index (χ0v) is 19.6. The molecule has 2 fully saturated rings. The van der Waals surface area contributed by atoms with Gasteiger partial charge in [0.25, 0.3) is 13.4 Å². The lowest BCUT2D eigenvalue weighted by Crippen LogP contribution is -2.41. The standard InChI is InChI=1S/C19H21N6O8PS/c20-18-23-15-12(16(28)24-18)22-19(35-8-11(26)21-6-9-4-2-1-3-5-9)25(15)17-13(27)14-10(32-17)7-31-34(29,30)33-14/h1-5,10,13-14,17,27H,6-8H2,(H,21,26)(H,29,30)(H3,20,23,24,28)/p-1/t10?,13?,14-,17-/m1/s1. The smallest absolute Gasteiger partial charge is 0.280 e. The predicted molar refractivity (Wildman–Crippen MR) is 120 cm³/mol. The van der Waals surface area contributed by atoms with Crippen LogP contribution in [0.2, 0.25) is 0 Å². The molecule has 1 aromatic carbocycles. The summed E-state index contributed by atoms with van der Waals surface area (Å²) in [6, 6.07) is 9.34. The molecule has 3 unspecified atom stereocenters. The van der Waals surface area contributed by atoms with Gasteiger partial charge in [-0.05, 0) is 5.56 Å². The number of amides is 1. The van der Waals surface area contributed by atoms with E-state index >= 15 is 0 Å². The number of carbonyl (C=O) groups excluding carboxylic acids is 1. The van der Waals surface area contributed by atoms with Crippen molar-refractivity contribution in [2.75, 3.05) is 18.1 Å². The number of rotatable bonds is 6. The molecule has 5 rings (SSSR count). The highest BCUT2D eigenvalue weighted by Gasteiger charge is 2.51. The number of phosphoric acid groups is 1. The third kappa shape index (κ3) is 4.84. The van der Waals surface area contributed by atoms with Crippen molar-refractivity contribution in [3.8, 4) is 0 Å². The number of hydrogen-bond donors (Lipinski definition) is 4. The lowest BCUT2D eigenvalue weighted by molar-refractivity contribution is -0.245. The van der Waals surface area contributed by atoms with Gasteiger partial charge >= 0.3 is 0 Å². The van der Waals surface area contributed by atoms with Gasteiger partial charge in [0.05, 0.1) is 12.4 Å². The summed E-state index contributed by atoms with van der Waals surface area (Å²) in [5, 5.41) is 13.8. The van der Waals surface area contributed by atoms with Gasteiger partial charge in [-0.25, -0.2) is 4.98 Å². The molecule has 0 saturated carbocycles. The van der Waals surface area contributed by atoms with Gasteiger partial charge in [0.15, 0.2) is 22.5 Å². The minimum atomic E-state index is -4.60. The predicted octanol–water partition coefficient (Wildman–Crippen LogP) is -0.748. The molecule has 1 amide bonds. The molecule has 3 aromatic rings. The van der Waals surface area contributed by atoms with Crippen LogP contribution in [0.4, 0.5) is 5.95 Å². The number of nitrogens with two attached hydrogens (primary N) is 1. The summed E-state index contributed by atoms with van der Waals surface area (Å²) in [6.07, 6.45) is -4.85. The van der Waals surface area contributed by atoms with Crippen LogP contribution in [0.3, 0.4) is 0 Å². The van der Waals surface area contributed by atoms with Crippen LogP contribution in [0.15, 0.2) is 40.3 Å². The Balaban J connectivity index is 1.41. The Morgan fingerprint density at radius 2 is 2.14 bits per heavy atom. The molecule has 2 aromatic heterocycles. The Hall–Kier alpha value is -2.78. The van der Waals surface area contributed by atoms with Gasteiger partial charge in [0.1, 0.15) is 18.3 Å². The van der Waals surface area contributed by atoms with Gasteiger partial charge in [-0.15, -0.1) is 0 Å². The summed E-state index contributed by atoms with van der Waals surface area (Å²) in [4.78, 5) is 47.3. The van der Waals surface area contributed by atoms with E-state index < -0.39 is 37.9 Å². The fourth-order valence-corrected chi connectivity index (χ4v) is 5.63. The van der Waals surface area contributed by atoms with E-state index in [9.17, 15) is 24.2 Å². The summed E-state index contributed by atoms with van der Waals surface area (Å²) in [5.74, 6) is -0.576. The number of benzene rings is 1. The summed E-state index contributed by atoms with van der Waals surface area (Å²) in [5.41, 5.74) is 5.89. The number of H-pyrrole nitrogens is 1. The minimum absolute atomic E-state index is 0.00707. The molecule has 186 valence electrons. The number of aromatic nitrogens is 4. The Morgan fingerprint density at radius 3 is 2.91 bits per heavy atom. The number of nitrogens with one attached hydrogen (secondary N) is 2. The van der Waals surface area contributed by atoms with Gasteiger partial charge < -0.3 is 34.8 Å². The van der Waals surface area contributed by atoms with Gasteiger partial charge in [-0.1, -0.05) is 42.1 Å². The Kier molecular flexibility index (Phi) is 6.40. The molecule has 0 bridgehead atoms. The number of fused-ring (bicyclic) bond motifs is 2. The van der Waals surface area contributed by atoms with E-state index in [0.29, 0.717) is 6.54 Å². The van der Waals surface area contributed by atoms with E-state index in [1.165, 1.54) is 4.57 Å². The number of thioether (sulfide) groups is 1. The van der Waals surface area contributed by atoms with Crippen molar-refractivity contribution in [2.24, 2.45) is 0 Å². The fraction of sp³-hybridized carbons (Fsp3) is 0.368. The number of anilines is 1. The highest BCUT2D eigenvalue weighted by atomic mass is 32.2. The monoisotopic (exact) mass is 523 g/mol. The van der Waals surface area contributed by atoms with Crippen LogP contribution < -0.4 is 21.5 Å². The summed E-state index contributed by atoms with van der Waals surface area (Å²) in [7, 11) is -4.60. The zero-order chi connectivity index (χ0) is 24.7. The zero-order valence-electron chi connectivity index (χ0n) is 17.9. The lowest BCUT2D eigenvalue weighted by Gasteiger charge is -2.34. The van der Waals surface area contributed by atoms with Crippen LogP contribution in [0.1, 0.15) is 11.8 Å². The van der Waals surface area contributed by atoms with Crippen molar-refractivity contribution >= 4 is 42.6 Å². The molecule has 0 aliphatic carbocycles. The molecule has 2 saturated heterocycles. The SMILES string of the molecule is Nc1nc2c(nc(SCC(=O)NCc3ccccc3)n2[C@@H]2OC3COP(=O)([O-])O[C@H]3C2O)c(=O)[nH]1. The Labute approximate surface area is 201 Å². The molecule has 0 radical (unpaired) electrons. The number of nitrogens with zero attached hydrogens (tertiary/aromatic N) is 3. The number of ether oxygens (including phenoxy) is 1. The van der Waals surface area contributed by atoms with Gasteiger partial charge in [-0.3, -0.25) is 23.7 Å². The highest BCUT2D eigenvalue weighted by Crippen LogP contribution is 2.50. The summed E-state index contributed by atoms with van der Waals surface area (Å²) < 4.78 is 28.4. The molecular weight excluding hydrogens is 503 g/mol. The van der Waals surface area contributed by atoms with E-state index in [4.69, 9.17) is 15.0 Å². The van der Waals surface area contributed by atoms with Crippen LogP contribution >= 0.6 is 19.6 Å². The summed E-state index contributed by atoms with van der Waals surface area (Å²) in [6.45, 7) is -0.0268. The highest BCUT2D eigenvalue weighted by molar-refractivity contribution is 7.99. The van der Waals surface area contributed by atoms with Crippen molar-refractivity contribution in [2.45, 2.75) is 36.2 Å². The Bertz CT molecular complexity index is 1370. The molecule has 4 heterocycles. The number of hydrogen-bond acceptors (Lipinski definition) is 12. The van der Waals surface area contributed by atoms with Crippen LogP contribution in [0.5, 0.6) is 0 Å². The molecule has 5 N–H and O–H groups in total. The number of aliphatic hydroxyl groups is 1. The van der Waals surface area contributed by atoms with Crippen molar-refractivity contribution in [3.05, 3.63) is 46.2 Å². The number of imidazole rings is 1. The molecule has 0 spiro atoms. The van der Waals surface area contributed by atoms with Crippen LogP contribution in [-0.4, -0.2) is 61.2 Å². The van der Waals surface area contributed by atoms with E-state index in [0.717, 1.165) is 17.3 Å². The number of phosphoric ester groups is 1. The first-order valence-corrected chi connectivity index (χ1v) is 12.8. The minimum Gasteiger partial charge on any atom is -0.756 e. The average Bonchev–Trinajstić information content (AvgIpc) is 3.33. The second-order valence-electron chi connectivity index (χ2n) is 7.81. The molecular formula is C19H20N6O8PS-. The molecule has 2 aliphatic rings. The average molecular weight is 523 g/mol. The van der Waals surface area contributed by atoms with Crippen LogP contribution in [-0.2, 0) is 29.7 Å². The van der Waals surface area contributed by atoms with Crippen molar-refractivity contribution in [3.63, 3.8) is 0 Å². The van der Waals surface area contributed by atoms with Crippen molar-refractivity contribution < 1.29 is 33.1 Å². The maximum atomic E-state index is 12.4. The quantitative estimate of drug-likeness (QED) is 0.233. The Morgan fingerprint density at radius 1 is 1.37 bits per heavy atom. The first-order chi connectivity index (χ1) is 16.7. The maximum absolute atomic E-state index is 12.4. The molecule has 16 heteroatoms. The van der Waals surface area contributed by atoms with Crippen LogP contribution in [0.25, 0.3) is 11.2 Å². The third-order valence-electron chi connectivity index (χ3n) is 5.41. The largest absolute Gasteiger partial charge is 0.756 e. The van der Waals surface area contributed by atoms with Gasteiger partial charge in [0, 0.05) is 6.54 Å². The van der Waals surface area contributed by atoms with E-state index in [2.05, 4.69) is 24.8 Å². The van der Waals surface area contributed by atoms with Crippen molar-refractivity contribution in [1.29, 1.82) is 0 Å². The number of nitrogen functional groups attached to an aromatic ring is 1. The molecule has 35 heavy (non-hydrogen) atoms. The lowest BCUT2D eigenvalue weighted by atomic mass is 10.1. The fourth-order valence-electron chi connectivity index (χ4n) is 3.83. The van der Waals surface area contributed by atoms with Crippen LogP contribution in [0, 0.1) is 0 Å². The molecule has 14 nitrogen and oxygen atoms in total. The van der Waals surface area contributed by atoms with E-state index in [-0.39, 0.29) is 40.5 Å². The number of carbonyl (C=O) groups is 1. The second kappa shape index (κ2) is 9.35. The second-order valence-corrected chi connectivity index (χ2v) is 10.1. The van der Waals surface area contributed by atoms with E-state index in [1.807, 2.05) is 30.3 Å². The molecule has 5 atom stereocenters. The van der Waals surface area contributed by atoms with Gasteiger partial charge in [0.2, 0.25) is 11.9 Å². The third-order valence-corrected chi connectivity index (χ3v) is 7.33. The van der Waals surface area contributed by atoms with Crippen molar-refractivity contribution in [1.82, 2.24) is 24.8 Å². The summed E-state index contributed by atoms with van der Waals surface area (Å²) >= 11 is 0.979. The van der Waals surface area contributed by atoms with Gasteiger partial charge in [-0.2, -0.15) is 4.98 Å². The topological polar surface area (TPSA) is 207 Å². The first kappa shape index (κ1) is 23.9. The molecule has 2 aliphatic heterocycles. The van der Waals surface area contributed by atoms with E-state index in [1.54, 1.807) is 0 Å². The number of aliphatic hydroxyl groups excluding tert-OH is 1. The number of aromatic amines is 1.